The van der Waals surface area contributed by atoms with E-state index in [1.54, 1.807) is 36.1 Å². The summed E-state index contributed by atoms with van der Waals surface area (Å²) in [5.41, 5.74) is 3.19. The molecular weight excluding hydrogens is 440 g/mol. The summed E-state index contributed by atoms with van der Waals surface area (Å²) in [6.07, 6.45) is 1.80. The van der Waals surface area contributed by atoms with Crippen molar-refractivity contribution in [2.45, 2.75) is 18.6 Å². The molecule has 1 amide bonds. The van der Waals surface area contributed by atoms with Crippen LogP contribution in [0.1, 0.15) is 6.92 Å². The molecule has 9 heteroatoms. The van der Waals surface area contributed by atoms with Crippen molar-refractivity contribution < 1.29 is 14.3 Å². The van der Waals surface area contributed by atoms with Crippen LogP contribution in [0.5, 0.6) is 11.5 Å². The maximum Gasteiger partial charge on any atom is 0.278 e. The molecule has 0 bridgehead atoms. The van der Waals surface area contributed by atoms with E-state index in [1.165, 1.54) is 18.9 Å². The van der Waals surface area contributed by atoms with E-state index in [0.29, 0.717) is 39.9 Å². The third kappa shape index (κ3) is 4.58. The van der Waals surface area contributed by atoms with Crippen LogP contribution in [0.15, 0.2) is 64.7 Å². The molecule has 4 aromatic rings. The second-order valence-corrected chi connectivity index (χ2v) is 8.08. The Balaban J connectivity index is 1.61. The quantitative estimate of drug-likeness (QED) is 0.300. The summed E-state index contributed by atoms with van der Waals surface area (Å²) >= 11 is 1.21. The molecule has 2 aromatic heterocycles. The average molecular weight is 465 g/mol. The van der Waals surface area contributed by atoms with Gasteiger partial charge in [0.1, 0.15) is 22.5 Å². The number of thioether (sulfide) groups is 1. The van der Waals surface area contributed by atoms with Crippen LogP contribution in [-0.4, -0.2) is 40.4 Å². The number of carbonyl (C=O) groups is 1. The van der Waals surface area contributed by atoms with Crippen LogP contribution in [0, 0.1) is 0 Å². The van der Waals surface area contributed by atoms with Gasteiger partial charge in [-0.15, -0.1) is 0 Å². The number of hydrogen-bond acceptors (Lipinski definition) is 6. The molecule has 0 aliphatic carbocycles. The summed E-state index contributed by atoms with van der Waals surface area (Å²) in [4.78, 5) is 33.6. The molecule has 0 fully saturated rings. The van der Waals surface area contributed by atoms with Gasteiger partial charge in [-0.3, -0.25) is 14.2 Å². The summed E-state index contributed by atoms with van der Waals surface area (Å²) in [5.74, 6) is 0.954. The average Bonchev–Trinajstić information content (AvgIpc) is 3.27. The molecule has 0 atom stereocenters. The van der Waals surface area contributed by atoms with E-state index in [-0.39, 0.29) is 17.2 Å². The van der Waals surface area contributed by atoms with E-state index in [9.17, 15) is 9.59 Å². The van der Waals surface area contributed by atoms with Gasteiger partial charge in [-0.05, 0) is 24.6 Å². The molecule has 8 nitrogen and oxygen atoms in total. The van der Waals surface area contributed by atoms with Gasteiger partial charge in [0.2, 0.25) is 5.91 Å². The topological polar surface area (TPSA) is 98.2 Å². The maximum atomic E-state index is 13.1. The van der Waals surface area contributed by atoms with E-state index in [2.05, 4.69) is 10.3 Å². The first kappa shape index (κ1) is 22.5. The van der Waals surface area contributed by atoms with Gasteiger partial charge in [0.05, 0.1) is 25.7 Å². The van der Waals surface area contributed by atoms with Gasteiger partial charge in [0.25, 0.3) is 5.56 Å². The van der Waals surface area contributed by atoms with Crippen molar-refractivity contribution in [1.29, 1.82) is 0 Å². The number of nitrogens with zero attached hydrogens (tertiary/aromatic N) is 2. The van der Waals surface area contributed by atoms with Gasteiger partial charge in [-0.1, -0.05) is 42.1 Å². The van der Waals surface area contributed by atoms with Gasteiger partial charge in [0, 0.05) is 24.4 Å². The normalized spacial score (nSPS) is 10.9. The van der Waals surface area contributed by atoms with Crippen molar-refractivity contribution >= 4 is 34.4 Å². The van der Waals surface area contributed by atoms with Crippen LogP contribution in [-0.2, 0) is 11.3 Å². The predicted molar refractivity (Wildman–Crippen MR) is 130 cm³/mol. The number of benzene rings is 2. The largest absolute Gasteiger partial charge is 0.497 e. The second-order valence-electron chi connectivity index (χ2n) is 7.14. The number of methoxy groups -OCH3 is 2. The predicted octanol–water partition coefficient (Wildman–Crippen LogP) is 4.16. The number of anilines is 1. The fourth-order valence-corrected chi connectivity index (χ4v) is 4.38. The third-order valence-electron chi connectivity index (χ3n) is 5.16. The fraction of sp³-hybridized carbons (Fsp3) is 0.208. The number of aromatic nitrogens is 3. The minimum absolute atomic E-state index is 0.0728. The van der Waals surface area contributed by atoms with Crippen LogP contribution >= 0.6 is 11.8 Å². The van der Waals surface area contributed by atoms with E-state index in [1.807, 2.05) is 37.3 Å². The van der Waals surface area contributed by atoms with E-state index in [4.69, 9.17) is 14.5 Å². The zero-order valence-corrected chi connectivity index (χ0v) is 19.4. The highest BCUT2D eigenvalue weighted by Gasteiger charge is 2.17. The molecule has 2 N–H and O–H groups in total. The Kier molecular flexibility index (Phi) is 6.69. The summed E-state index contributed by atoms with van der Waals surface area (Å²) in [7, 11) is 3.09. The zero-order valence-electron chi connectivity index (χ0n) is 18.5. The first-order valence-corrected chi connectivity index (χ1v) is 11.4. The molecule has 2 heterocycles. The number of rotatable bonds is 8. The lowest BCUT2D eigenvalue weighted by Crippen LogP contribution is -2.23. The third-order valence-corrected chi connectivity index (χ3v) is 6.14. The smallest absolute Gasteiger partial charge is 0.278 e. The number of carbonyl (C=O) groups excluding carboxylic acids is 1. The minimum atomic E-state index is -0.249. The molecule has 0 spiro atoms. The molecule has 33 heavy (non-hydrogen) atoms. The summed E-state index contributed by atoms with van der Waals surface area (Å²) < 4.78 is 12.1. The Bertz CT molecular complexity index is 1350. The maximum absolute atomic E-state index is 13.1. The SMILES string of the molecule is CCn1c(SCC(=O)Nc2cc(OC)ccc2OC)nc2c(-c3ccccc3)c[nH]c2c1=O. The molecule has 0 saturated heterocycles. The van der Waals surface area contributed by atoms with Crippen molar-refractivity contribution in [3.8, 4) is 22.6 Å². The zero-order chi connectivity index (χ0) is 23.4. The van der Waals surface area contributed by atoms with Crippen molar-refractivity contribution in [3.05, 3.63) is 65.1 Å². The first-order chi connectivity index (χ1) is 16.0. The molecular formula is C24H24N4O4S. The van der Waals surface area contributed by atoms with Gasteiger partial charge in [0.15, 0.2) is 5.16 Å². The Labute approximate surface area is 194 Å². The van der Waals surface area contributed by atoms with Crippen LogP contribution in [0.4, 0.5) is 5.69 Å². The molecule has 0 aliphatic heterocycles. The van der Waals surface area contributed by atoms with E-state index < -0.39 is 0 Å². The number of fused-ring (bicyclic) bond motifs is 1. The molecule has 4 rings (SSSR count). The lowest BCUT2D eigenvalue weighted by atomic mass is 10.1. The minimum Gasteiger partial charge on any atom is -0.497 e. The number of H-pyrrole nitrogens is 1. The van der Waals surface area contributed by atoms with Crippen molar-refractivity contribution in [1.82, 2.24) is 14.5 Å². The number of nitrogens with one attached hydrogen (secondary N) is 2. The van der Waals surface area contributed by atoms with E-state index in [0.717, 1.165) is 11.1 Å². The fourth-order valence-electron chi connectivity index (χ4n) is 3.53. The molecule has 2 aromatic carbocycles. The number of amides is 1. The molecule has 0 aliphatic rings. The van der Waals surface area contributed by atoms with Gasteiger partial charge in [-0.2, -0.15) is 0 Å². The highest BCUT2D eigenvalue weighted by atomic mass is 32.2. The Morgan fingerprint density at radius 1 is 1.15 bits per heavy atom. The van der Waals surface area contributed by atoms with Gasteiger partial charge >= 0.3 is 0 Å². The van der Waals surface area contributed by atoms with Crippen LogP contribution in [0.2, 0.25) is 0 Å². The highest BCUT2D eigenvalue weighted by molar-refractivity contribution is 7.99. The lowest BCUT2D eigenvalue weighted by molar-refractivity contribution is -0.113. The molecule has 170 valence electrons. The van der Waals surface area contributed by atoms with Crippen molar-refractivity contribution in [3.63, 3.8) is 0 Å². The first-order valence-electron chi connectivity index (χ1n) is 10.4. The number of aromatic amines is 1. The van der Waals surface area contributed by atoms with Crippen LogP contribution in [0.3, 0.4) is 0 Å². The summed E-state index contributed by atoms with van der Waals surface area (Å²) in [6, 6.07) is 14.9. The Morgan fingerprint density at radius 3 is 2.64 bits per heavy atom. The number of hydrogen-bond donors (Lipinski definition) is 2. The Hall–Kier alpha value is -3.72. The standard InChI is InChI=1S/C24H24N4O4S/c1-4-28-23(30)22-21(17(13-25-22)15-8-6-5-7-9-15)27-24(28)33-14-20(29)26-18-12-16(31-2)10-11-19(18)32-3/h5-13,25H,4,14H2,1-3H3,(H,26,29). The van der Waals surface area contributed by atoms with Crippen LogP contribution < -0.4 is 20.3 Å². The summed E-state index contributed by atoms with van der Waals surface area (Å²) in [5, 5.41) is 3.33. The lowest BCUT2D eigenvalue weighted by Gasteiger charge is -2.13. The van der Waals surface area contributed by atoms with Gasteiger partial charge in [-0.25, -0.2) is 4.98 Å². The van der Waals surface area contributed by atoms with Crippen molar-refractivity contribution in [2.24, 2.45) is 0 Å². The summed E-state index contributed by atoms with van der Waals surface area (Å²) in [6.45, 7) is 2.32. The number of ether oxygens (including phenoxy) is 2. The molecule has 0 unspecified atom stereocenters. The molecule has 0 saturated carbocycles. The van der Waals surface area contributed by atoms with Crippen LogP contribution in [0.25, 0.3) is 22.2 Å². The Morgan fingerprint density at radius 2 is 1.94 bits per heavy atom. The van der Waals surface area contributed by atoms with E-state index >= 15 is 0 Å². The van der Waals surface area contributed by atoms with Gasteiger partial charge < -0.3 is 19.8 Å². The second kappa shape index (κ2) is 9.83. The molecule has 0 radical (unpaired) electrons. The highest BCUT2D eigenvalue weighted by Crippen LogP contribution is 2.30. The monoisotopic (exact) mass is 464 g/mol. The van der Waals surface area contributed by atoms with Crippen molar-refractivity contribution in [2.75, 3.05) is 25.3 Å².